The van der Waals surface area contributed by atoms with Crippen LogP contribution < -0.4 is 0 Å². The van der Waals surface area contributed by atoms with Gasteiger partial charge in [0.1, 0.15) is 0 Å². The molecule has 0 aliphatic heterocycles. The summed E-state index contributed by atoms with van der Waals surface area (Å²) in [6.45, 7) is 4.91. The molecule has 0 amide bonds. The van der Waals surface area contributed by atoms with Crippen LogP contribution in [0.3, 0.4) is 0 Å². The second kappa shape index (κ2) is 8.54. The van der Waals surface area contributed by atoms with Gasteiger partial charge in [-0.05, 0) is 31.0 Å². The lowest BCUT2D eigenvalue weighted by atomic mass is 10.3. The Morgan fingerprint density at radius 3 is 2.69 bits per heavy atom. The average Bonchev–Trinajstić information content (AvgIpc) is 2.02. The van der Waals surface area contributed by atoms with Crippen LogP contribution in [0.15, 0.2) is 4.99 Å². The van der Waals surface area contributed by atoms with Gasteiger partial charge in [0.05, 0.1) is 5.16 Å². The molecule has 0 saturated carbocycles. The number of unbranched alkanes of at least 4 members (excludes halogenated alkanes) is 1. The minimum absolute atomic E-state index is 0.528. The number of rotatable bonds is 7. The highest BCUT2D eigenvalue weighted by Crippen LogP contribution is 1.99. The maximum Gasteiger partial charge on any atom is 0.0584 e. The third kappa shape index (κ3) is 9.87. The third-order valence-electron chi connectivity index (χ3n) is 1.48. The van der Waals surface area contributed by atoms with Crippen LogP contribution in [0.25, 0.3) is 0 Å². The van der Waals surface area contributed by atoms with E-state index in [0.29, 0.717) is 5.92 Å². The van der Waals surface area contributed by atoms with E-state index in [1.165, 1.54) is 0 Å². The summed E-state index contributed by atoms with van der Waals surface area (Å²) in [6.07, 6.45) is 1.94. The van der Waals surface area contributed by atoms with Gasteiger partial charge in [-0.25, -0.2) is 4.99 Å². The minimum atomic E-state index is -0.644. The van der Waals surface area contributed by atoms with E-state index in [9.17, 15) is 4.21 Å². The van der Waals surface area contributed by atoms with E-state index in [-0.39, 0.29) is 0 Å². The Hall–Kier alpha value is -0.0500. The number of hydrogen-bond donors (Lipinski definition) is 0. The van der Waals surface area contributed by atoms with Crippen molar-refractivity contribution in [1.29, 1.82) is 0 Å². The Balaban J connectivity index is 3.32. The molecule has 0 aromatic carbocycles. The Morgan fingerprint density at radius 1 is 1.46 bits per heavy atom. The number of isothiocyanates is 1. The second-order valence-corrected chi connectivity index (χ2v) is 5.19. The molecule has 1 atom stereocenters. The summed E-state index contributed by atoms with van der Waals surface area (Å²) in [7, 11) is -0.644. The molecule has 2 nitrogen and oxygen atoms in total. The van der Waals surface area contributed by atoms with Crippen molar-refractivity contribution in [3.63, 3.8) is 0 Å². The second-order valence-electron chi connectivity index (χ2n) is 3.38. The molecule has 76 valence electrons. The molecule has 0 heterocycles. The Kier molecular flexibility index (Phi) is 8.51. The SMILES string of the molecule is CC(C)CS(=O)CCCCN=C=S. The van der Waals surface area contributed by atoms with Gasteiger partial charge in [0.2, 0.25) is 0 Å². The van der Waals surface area contributed by atoms with Crippen molar-refractivity contribution in [1.82, 2.24) is 0 Å². The first kappa shape index (κ1) is 12.9. The lowest BCUT2D eigenvalue weighted by Gasteiger charge is -2.03. The van der Waals surface area contributed by atoms with Gasteiger partial charge in [-0.2, -0.15) is 0 Å². The Morgan fingerprint density at radius 2 is 2.15 bits per heavy atom. The number of aliphatic imine (C=N–C) groups is 1. The zero-order chi connectivity index (χ0) is 10.1. The van der Waals surface area contributed by atoms with E-state index >= 15 is 0 Å². The molecule has 0 aromatic rings. The molecule has 0 rings (SSSR count). The van der Waals surface area contributed by atoms with Crippen molar-refractivity contribution >= 4 is 28.2 Å². The molecule has 0 saturated heterocycles. The van der Waals surface area contributed by atoms with Crippen LogP contribution >= 0.6 is 12.2 Å². The standard InChI is InChI=1S/C9H17NOS2/c1-9(2)7-13(11)6-4-3-5-10-8-12/h9H,3-7H2,1-2H3. The average molecular weight is 219 g/mol. The quantitative estimate of drug-likeness (QED) is 0.373. The van der Waals surface area contributed by atoms with Crippen LogP contribution in [0.4, 0.5) is 0 Å². The summed E-state index contributed by atoms with van der Waals surface area (Å²) in [6, 6.07) is 0. The van der Waals surface area contributed by atoms with Crippen LogP contribution in [-0.2, 0) is 10.8 Å². The van der Waals surface area contributed by atoms with Crippen molar-refractivity contribution in [3.05, 3.63) is 0 Å². The van der Waals surface area contributed by atoms with Gasteiger partial charge < -0.3 is 0 Å². The highest BCUT2D eigenvalue weighted by Gasteiger charge is 2.01. The fourth-order valence-corrected chi connectivity index (χ4v) is 2.48. The van der Waals surface area contributed by atoms with Crippen LogP contribution in [-0.4, -0.2) is 27.4 Å². The molecule has 0 N–H and O–H groups in total. The predicted molar refractivity (Wildman–Crippen MR) is 61.8 cm³/mol. The summed E-state index contributed by atoms with van der Waals surface area (Å²) in [5, 5.41) is 2.32. The summed E-state index contributed by atoms with van der Waals surface area (Å²) in [4.78, 5) is 3.80. The molecular formula is C9H17NOS2. The highest BCUT2D eigenvalue weighted by molar-refractivity contribution is 7.84. The first-order valence-corrected chi connectivity index (χ1v) is 6.45. The minimum Gasteiger partial charge on any atom is -0.260 e. The van der Waals surface area contributed by atoms with Crippen molar-refractivity contribution in [2.24, 2.45) is 10.9 Å². The smallest absolute Gasteiger partial charge is 0.0584 e. The Labute approximate surface area is 88.3 Å². The summed E-state index contributed by atoms with van der Waals surface area (Å²) < 4.78 is 11.3. The van der Waals surface area contributed by atoms with E-state index in [1.54, 1.807) is 0 Å². The van der Waals surface area contributed by atoms with E-state index in [4.69, 9.17) is 0 Å². The largest absolute Gasteiger partial charge is 0.260 e. The maximum absolute atomic E-state index is 11.3. The van der Waals surface area contributed by atoms with Gasteiger partial charge in [-0.3, -0.25) is 4.21 Å². The van der Waals surface area contributed by atoms with Crippen LogP contribution in [0.2, 0.25) is 0 Å². The maximum atomic E-state index is 11.3. The van der Waals surface area contributed by atoms with Gasteiger partial charge in [0.25, 0.3) is 0 Å². The van der Waals surface area contributed by atoms with Gasteiger partial charge in [-0.15, -0.1) is 0 Å². The molecule has 0 radical (unpaired) electrons. The lowest BCUT2D eigenvalue weighted by Crippen LogP contribution is -2.08. The van der Waals surface area contributed by atoms with E-state index in [1.807, 2.05) is 0 Å². The molecule has 0 bridgehead atoms. The molecule has 0 spiro atoms. The molecule has 0 aliphatic rings. The topological polar surface area (TPSA) is 29.4 Å². The summed E-state index contributed by atoms with van der Waals surface area (Å²) >= 11 is 4.43. The first-order valence-electron chi connectivity index (χ1n) is 4.55. The predicted octanol–water partition coefficient (Wildman–Crippen LogP) is 2.27. The molecule has 1 unspecified atom stereocenters. The van der Waals surface area contributed by atoms with E-state index in [2.05, 4.69) is 36.2 Å². The fourth-order valence-electron chi connectivity index (χ4n) is 0.955. The molecule has 0 aromatic heterocycles. The van der Waals surface area contributed by atoms with Crippen LogP contribution in [0.1, 0.15) is 26.7 Å². The third-order valence-corrected chi connectivity index (χ3v) is 3.39. The molecule has 4 heteroatoms. The summed E-state index contributed by atoms with van der Waals surface area (Å²) in [5.41, 5.74) is 0. The normalized spacial score (nSPS) is 12.5. The molecule has 0 aliphatic carbocycles. The van der Waals surface area contributed by atoms with E-state index < -0.39 is 10.8 Å². The Bertz CT molecular complexity index is 198. The fraction of sp³-hybridized carbons (Fsp3) is 0.889. The van der Waals surface area contributed by atoms with E-state index in [0.717, 1.165) is 30.9 Å². The number of hydrogen-bond acceptors (Lipinski definition) is 3. The summed E-state index contributed by atoms with van der Waals surface area (Å²) in [5.74, 6) is 2.14. The van der Waals surface area contributed by atoms with Crippen molar-refractivity contribution in [2.75, 3.05) is 18.1 Å². The van der Waals surface area contributed by atoms with Crippen LogP contribution in [0.5, 0.6) is 0 Å². The van der Waals surface area contributed by atoms with Gasteiger partial charge in [0, 0.05) is 28.9 Å². The van der Waals surface area contributed by atoms with Gasteiger partial charge in [-0.1, -0.05) is 13.8 Å². The van der Waals surface area contributed by atoms with Gasteiger partial charge in [0.15, 0.2) is 0 Å². The zero-order valence-corrected chi connectivity index (χ0v) is 9.92. The van der Waals surface area contributed by atoms with Crippen molar-refractivity contribution < 1.29 is 4.21 Å². The number of nitrogens with zero attached hydrogens (tertiary/aromatic N) is 1. The van der Waals surface area contributed by atoms with Gasteiger partial charge >= 0.3 is 0 Å². The molecule has 0 fully saturated rings. The molecule has 13 heavy (non-hydrogen) atoms. The van der Waals surface area contributed by atoms with Crippen molar-refractivity contribution in [3.8, 4) is 0 Å². The van der Waals surface area contributed by atoms with Crippen LogP contribution in [0, 0.1) is 5.92 Å². The number of thiocarbonyl (C=S) groups is 1. The molecular weight excluding hydrogens is 202 g/mol. The first-order chi connectivity index (χ1) is 6.16. The van der Waals surface area contributed by atoms with Crippen molar-refractivity contribution in [2.45, 2.75) is 26.7 Å². The zero-order valence-electron chi connectivity index (χ0n) is 8.28. The highest BCUT2D eigenvalue weighted by atomic mass is 32.2. The monoisotopic (exact) mass is 219 g/mol. The lowest BCUT2D eigenvalue weighted by molar-refractivity contribution is 0.660.